The van der Waals surface area contributed by atoms with Crippen molar-refractivity contribution in [1.82, 2.24) is 19.5 Å². The molecule has 6 nitrogen and oxygen atoms in total. The fourth-order valence-electron chi connectivity index (χ4n) is 2.54. The Balaban J connectivity index is 1.52. The summed E-state index contributed by atoms with van der Waals surface area (Å²) in [6, 6.07) is 18.0. The van der Waals surface area contributed by atoms with Crippen LogP contribution in [0.2, 0.25) is 0 Å². The van der Waals surface area contributed by atoms with Crippen molar-refractivity contribution >= 4 is 23.1 Å². The first kappa shape index (κ1) is 15.8. The van der Waals surface area contributed by atoms with Crippen molar-refractivity contribution in [2.45, 2.75) is 6.92 Å². The SMILES string of the molecule is Cc1cnc(Nc2ccc(-n3ccnc3)cc2)nc1Nc1ccccc1. The van der Waals surface area contributed by atoms with Crippen molar-refractivity contribution in [2.24, 2.45) is 0 Å². The maximum Gasteiger partial charge on any atom is 0.229 e. The summed E-state index contributed by atoms with van der Waals surface area (Å²) in [6.45, 7) is 1.98. The predicted molar refractivity (Wildman–Crippen MR) is 103 cm³/mol. The normalized spacial score (nSPS) is 10.5. The molecule has 0 unspecified atom stereocenters. The molecular formula is C20H18N6. The molecule has 0 aliphatic carbocycles. The third-order valence-electron chi connectivity index (χ3n) is 3.93. The Morgan fingerprint density at radius 3 is 2.38 bits per heavy atom. The minimum Gasteiger partial charge on any atom is -0.340 e. The van der Waals surface area contributed by atoms with E-state index in [1.54, 1.807) is 18.7 Å². The number of aromatic nitrogens is 4. The monoisotopic (exact) mass is 342 g/mol. The summed E-state index contributed by atoms with van der Waals surface area (Å²) >= 11 is 0. The highest BCUT2D eigenvalue weighted by atomic mass is 15.1. The van der Waals surface area contributed by atoms with Gasteiger partial charge in [-0.2, -0.15) is 4.98 Å². The molecule has 0 spiro atoms. The molecule has 0 fully saturated rings. The van der Waals surface area contributed by atoms with Gasteiger partial charge < -0.3 is 15.2 Å². The molecule has 0 bridgehead atoms. The zero-order chi connectivity index (χ0) is 17.8. The lowest BCUT2D eigenvalue weighted by atomic mass is 10.2. The van der Waals surface area contributed by atoms with E-state index in [4.69, 9.17) is 0 Å². The molecule has 0 saturated carbocycles. The van der Waals surface area contributed by atoms with E-state index < -0.39 is 0 Å². The smallest absolute Gasteiger partial charge is 0.229 e. The predicted octanol–water partition coefficient (Wildman–Crippen LogP) is 4.46. The van der Waals surface area contributed by atoms with E-state index >= 15 is 0 Å². The van der Waals surface area contributed by atoms with Crippen LogP contribution in [0.1, 0.15) is 5.56 Å². The van der Waals surface area contributed by atoms with E-state index in [0.717, 1.165) is 28.4 Å². The van der Waals surface area contributed by atoms with Gasteiger partial charge in [0, 0.05) is 41.2 Å². The molecule has 0 aliphatic rings. The highest BCUT2D eigenvalue weighted by Gasteiger charge is 2.05. The van der Waals surface area contributed by atoms with E-state index in [0.29, 0.717) is 5.95 Å². The topological polar surface area (TPSA) is 67.7 Å². The van der Waals surface area contributed by atoms with Crippen molar-refractivity contribution in [3.63, 3.8) is 0 Å². The third-order valence-corrected chi connectivity index (χ3v) is 3.93. The van der Waals surface area contributed by atoms with Gasteiger partial charge in [0.1, 0.15) is 5.82 Å². The van der Waals surface area contributed by atoms with E-state index in [1.165, 1.54) is 0 Å². The Morgan fingerprint density at radius 2 is 1.65 bits per heavy atom. The number of imidazole rings is 1. The molecule has 0 radical (unpaired) electrons. The lowest BCUT2D eigenvalue weighted by molar-refractivity contribution is 1.06. The van der Waals surface area contributed by atoms with Crippen LogP contribution in [0.3, 0.4) is 0 Å². The van der Waals surface area contributed by atoms with Crippen molar-refractivity contribution in [3.05, 3.63) is 85.1 Å². The van der Waals surface area contributed by atoms with Crippen LogP contribution in [-0.4, -0.2) is 19.5 Å². The Bertz CT molecular complexity index is 979. The van der Waals surface area contributed by atoms with Crippen LogP contribution >= 0.6 is 0 Å². The number of nitrogens with one attached hydrogen (secondary N) is 2. The number of nitrogens with zero attached hydrogens (tertiary/aromatic N) is 4. The number of anilines is 4. The Labute approximate surface area is 151 Å². The molecule has 0 amide bonds. The van der Waals surface area contributed by atoms with Crippen LogP contribution in [0.4, 0.5) is 23.1 Å². The quantitative estimate of drug-likeness (QED) is 0.560. The molecular weight excluding hydrogens is 324 g/mol. The van der Waals surface area contributed by atoms with Gasteiger partial charge >= 0.3 is 0 Å². The molecule has 4 rings (SSSR count). The molecule has 0 aliphatic heterocycles. The summed E-state index contributed by atoms with van der Waals surface area (Å²) < 4.78 is 1.95. The molecule has 2 N–H and O–H groups in total. The molecule has 2 aromatic carbocycles. The van der Waals surface area contributed by atoms with E-state index in [-0.39, 0.29) is 0 Å². The highest BCUT2D eigenvalue weighted by Crippen LogP contribution is 2.21. The molecule has 6 heteroatoms. The fraction of sp³-hybridized carbons (Fsp3) is 0.0500. The van der Waals surface area contributed by atoms with Gasteiger partial charge in [0.25, 0.3) is 0 Å². The molecule has 2 aromatic heterocycles. The van der Waals surface area contributed by atoms with Crippen LogP contribution in [0.15, 0.2) is 79.5 Å². The van der Waals surface area contributed by atoms with Gasteiger partial charge in [-0.1, -0.05) is 18.2 Å². The Kier molecular flexibility index (Phi) is 4.30. The number of aryl methyl sites for hydroxylation is 1. The summed E-state index contributed by atoms with van der Waals surface area (Å²) in [7, 11) is 0. The molecule has 0 saturated heterocycles. The molecule has 0 atom stereocenters. The Hall–Kier alpha value is -3.67. The second-order valence-electron chi connectivity index (χ2n) is 5.86. The lowest BCUT2D eigenvalue weighted by Crippen LogP contribution is -2.02. The highest BCUT2D eigenvalue weighted by molar-refractivity contribution is 5.62. The standard InChI is InChI=1S/C20H18N6/c1-15-13-22-20(25-19(15)23-16-5-3-2-4-6-16)24-17-7-9-18(10-8-17)26-12-11-21-14-26/h2-14H,1H3,(H2,22,23,24,25). The average Bonchev–Trinajstić information content (AvgIpc) is 3.21. The van der Waals surface area contributed by atoms with Gasteiger partial charge in [-0.15, -0.1) is 0 Å². The number of benzene rings is 2. The van der Waals surface area contributed by atoms with Crippen LogP contribution in [0, 0.1) is 6.92 Å². The van der Waals surface area contributed by atoms with Crippen molar-refractivity contribution in [1.29, 1.82) is 0 Å². The van der Waals surface area contributed by atoms with Gasteiger partial charge in [-0.25, -0.2) is 9.97 Å². The van der Waals surface area contributed by atoms with Crippen molar-refractivity contribution in [2.75, 3.05) is 10.6 Å². The van der Waals surface area contributed by atoms with Crippen LogP contribution in [0.25, 0.3) is 5.69 Å². The summed E-state index contributed by atoms with van der Waals surface area (Å²) in [5.41, 5.74) is 3.94. The maximum absolute atomic E-state index is 4.59. The third kappa shape index (κ3) is 3.54. The Morgan fingerprint density at radius 1 is 0.885 bits per heavy atom. The average molecular weight is 342 g/mol. The van der Waals surface area contributed by atoms with Crippen molar-refractivity contribution < 1.29 is 0 Å². The lowest BCUT2D eigenvalue weighted by Gasteiger charge is -2.11. The summed E-state index contributed by atoms with van der Waals surface area (Å²) in [4.78, 5) is 13.0. The van der Waals surface area contributed by atoms with Gasteiger partial charge in [0.05, 0.1) is 6.33 Å². The molecule has 2 heterocycles. The first-order valence-electron chi connectivity index (χ1n) is 8.29. The fourth-order valence-corrected chi connectivity index (χ4v) is 2.54. The molecule has 4 aromatic rings. The summed E-state index contributed by atoms with van der Waals surface area (Å²) in [5.74, 6) is 1.33. The largest absolute Gasteiger partial charge is 0.340 e. The van der Waals surface area contributed by atoms with Gasteiger partial charge in [-0.05, 0) is 43.3 Å². The zero-order valence-corrected chi connectivity index (χ0v) is 14.3. The molecule has 128 valence electrons. The van der Waals surface area contributed by atoms with Crippen LogP contribution in [0.5, 0.6) is 0 Å². The van der Waals surface area contributed by atoms with Gasteiger partial charge in [0.15, 0.2) is 0 Å². The first-order valence-corrected chi connectivity index (χ1v) is 8.29. The van der Waals surface area contributed by atoms with Crippen LogP contribution < -0.4 is 10.6 Å². The number of hydrogen-bond acceptors (Lipinski definition) is 5. The van der Waals surface area contributed by atoms with Gasteiger partial charge in [-0.3, -0.25) is 0 Å². The second kappa shape index (κ2) is 7.06. The number of hydrogen-bond donors (Lipinski definition) is 2. The van der Waals surface area contributed by atoms with E-state index in [1.807, 2.05) is 72.3 Å². The summed E-state index contributed by atoms with van der Waals surface area (Å²) in [6.07, 6.45) is 7.24. The number of rotatable bonds is 5. The molecule has 26 heavy (non-hydrogen) atoms. The van der Waals surface area contributed by atoms with E-state index in [2.05, 4.69) is 25.6 Å². The van der Waals surface area contributed by atoms with E-state index in [9.17, 15) is 0 Å². The maximum atomic E-state index is 4.59. The van der Waals surface area contributed by atoms with Crippen LogP contribution in [-0.2, 0) is 0 Å². The second-order valence-corrected chi connectivity index (χ2v) is 5.86. The van der Waals surface area contributed by atoms with Crippen molar-refractivity contribution in [3.8, 4) is 5.69 Å². The number of para-hydroxylation sites is 1. The first-order chi connectivity index (χ1) is 12.8. The minimum atomic E-state index is 0.546. The van der Waals surface area contributed by atoms with Gasteiger partial charge in [0.2, 0.25) is 5.95 Å². The zero-order valence-electron chi connectivity index (χ0n) is 14.3. The minimum absolute atomic E-state index is 0.546. The summed E-state index contributed by atoms with van der Waals surface area (Å²) in [5, 5.41) is 6.57.